The van der Waals surface area contributed by atoms with Crippen molar-refractivity contribution in [2.24, 2.45) is 5.92 Å². The molecule has 0 aliphatic carbocycles. The van der Waals surface area contributed by atoms with Gasteiger partial charge in [-0.15, -0.1) is 12.4 Å². The SMILES string of the molecule is COC(=N)CCC(Cc1ccc(CO)c([N+](=O)[O-])c1)C(=O)O.Cl. The van der Waals surface area contributed by atoms with Crippen LogP contribution in [0, 0.1) is 21.4 Å². The number of rotatable bonds is 8. The highest BCUT2D eigenvalue weighted by Crippen LogP contribution is 2.23. The summed E-state index contributed by atoms with van der Waals surface area (Å²) in [6, 6.07) is 4.27. The fourth-order valence-corrected chi connectivity index (χ4v) is 2.04. The smallest absolute Gasteiger partial charge is 0.306 e. The van der Waals surface area contributed by atoms with Crippen molar-refractivity contribution < 1.29 is 24.7 Å². The molecule has 1 rings (SSSR count). The molecule has 0 amide bonds. The Morgan fingerprint density at radius 3 is 2.61 bits per heavy atom. The van der Waals surface area contributed by atoms with Crippen molar-refractivity contribution in [3.05, 3.63) is 39.4 Å². The Morgan fingerprint density at radius 1 is 1.48 bits per heavy atom. The number of nitro benzene ring substituents is 1. The summed E-state index contributed by atoms with van der Waals surface area (Å²) in [6.07, 6.45) is 0.501. The van der Waals surface area contributed by atoms with Gasteiger partial charge in [-0.1, -0.05) is 6.07 Å². The molecule has 128 valence electrons. The van der Waals surface area contributed by atoms with Gasteiger partial charge < -0.3 is 14.9 Å². The Morgan fingerprint density at radius 2 is 2.13 bits per heavy atom. The number of halogens is 1. The third-order valence-electron chi connectivity index (χ3n) is 3.31. The number of benzene rings is 1. The van der Waals surface area contributed by atoms with E-state index in [1.165, 1.54) is 19.2 Å². The summed E-state index contributed by atoms with van der Waals surface area (Å²) in [6.45, 7) is -0.454. The van der Waals surface area contributed by atoms with Crippen LogP contribution in [0.25, 0.3) is 0 Å². The quantitative estimate of drug-likeness (QED) is 0.286. The summed E-state index contributed by atoms with van der Waals surface area (Å²) in [5.41, 5.74) is 0.454. The van der Waals surface area contributed by atoms with Crippen molar-refractivity contribution in [1.29, 1.82) is 5.41 Å². The van der Waals surface area contributed by atoms with Gasteiger partial charge in [-0.05, 0) is 24.5 Å². The standard InChI is InChI=1S/C14H18N2O6.ClH/c1-22-13(15)5-4-10(14(18)19)6-9-2-3-11(8-17)12(7-9)16(20)21;/h2-3,7,10,15,17H,4-6,8H2,1H3,(H,18,19);1H. The number of aliphatic hydroxyl groups is 1. The van der Waals surface area contributed by atoms with Crippen LogP contribution in [-0.4, -0.2) is 34.1 Å². The number of methoxy groups -OCH3 is 1. The van der Waals surface area contributed by atoms with E-state index in [1.807, 2.05) is 0 Å². The van der Waals surface area contributed by atoms with Crippen molar-refractivity contribution in [2.75, 3.05) is 7.11 Å². The third-order valence-corrected chi connectivity index (χ3v) is 3.31. The Hall–Kier alpha value is -2.19. The number of hydrogen-bond donors (Lipinski definition) is 3. The Balaban J connectivity index is 0.00000484. The van der Waals surface area contributed by atoms with Crippen LogP contribution in [0.5, 0.6) is 0 Å². The molecule has 0 radical (unpaired) electrons. The zero-order chi connectivity index (χ0) is 16.7. The van der Waals surface area contributed by atoms with E-state index in [4.69, 9.17) is 10.5 Å². The molecule has 1 unspecified atom stereocenters. The summed E-state index contributed by atoms with van der Waals surface area (Å²) < 4.78 is 4.68. The lowest BCUT2D eigenvalue weighted by molar-refractivity contribution is -0.385. The van der Waals surface area contributed by atoms with Gasteiger partial charge in [0.1, 0.15) is 0 Å². The van der Waals surface area contributed by atoms with Crippen LogP contribution in [0.15, 0.2) is 18.2 Å². The fourth-order valence-electron chi connectivity index (χ4n) is 2.04. The van der Waals surface area contributed by atoms with Crippen molar-refractivity contribution in [3.8, 4) is 0 Å². The average Bonchev–Trinajstić information content (AvgIpc) is 2.50. The van der Waals surface area contributed by atoms with Gasteiger partial charge in [0.05, 0.1) is 30.1 Å². The predicted molar refractivity (Wildman–Crippen MR) is 85.1 cm³/mol. The van der Waals surface area contributed by atoms with E-state index < -0.39 is 23.4 Å². The van der Waals surface area contributed by atoms with Gasteiger partial charge in [0.2, 0.25) is 0 Å². The molecule has 0 bridgehead atoms. The molecule has 0 saturated carbocycles. The van der Waals surface area contributed by atoms with E-state index >= 15 is 0 Å². The number of nitrogens with zero attached hydrogens (tertiary/aromatic N) is 1. The number of hydrogen-bond acceptors (Lipinski definition) is 6. The zero-order valence-corrected chi connectivity index (χ0v) is 13.3. The number of nitro groups is 1. The molecule has 23 heavy (non-hydrogen) atoms. The van der Waals surface area contributed by atoms with Gasteiger partial charge in [-0.25, -0.2) is 0 Å². The van der Waals surface area contributed by atoms with Crippen LogP contribution in [0.1, 0.15) is 24.0 Å². The maximum absolute atomic E-state index is 11.3. The van der Waals surface area contributed by atoms with Crippen molar-refractivity contribution in [2.45, 2.75) is 25.9 Å². The van der Waals surface area contributed by atoms with Crippen LogP contribution < -0.4 is 0 Å². The predicted octanol–water partition coefficient (Wildman–Crippen LogP) is 2.16. The van der Waals surface area contributed by atoms with E-state index in [9.17, 15) is 20.0 Å². The molecular formula is C14H19ClN2O6. The topological polar surface area (TPSA) is 134 Å². The summed E-state index contributed by atoms with van der Waals surface area (Å²) >= 11 is 0. The molecule has 1 aromatic rings. The minimum Gasteiger partial charge on any atom is -0.484 e. The molecular weight excluding hydrogens is 328 g/mol. The minimum absolute atomic E-state index is 0. The van der Waals surface area contributed by atoms with Gasteiger partial charge >= 0.3 is 5.97 Å². The van der Waals surface area contributed by atoms with E-state index in [-0.39, 0.29) is 48.8 Å². The number of carboxylic acid groups (broad SMARTS) is 1. The number of carboxylic acids is 1. The lowest BCUT2D eigenvalue weighted by Gasteiger charge is -2.13. The summed E-state index contributed by atoms with van der Waals surface area (Å²) in [4.78, 5) is 21.6. The first-order valence-corrected chi connectivity index (χ1v) is 6.60. The second kappa shape index (κ2) is 9.75. The van der Waals surface area contributed by atoms with Crippen LogP contribution >= 0.6 is 12.4 Å². The zero-order valence-electron chi connectivity index (χ0n) is 12.5. The van der Waals surface area contributed by atoms with Crippen LogP contribution in [0.3, 0.4) is 0 Å². The molecule has 1 aromatic carbocycles. The molecule has 1 atom stereocenters. The molecule has 3 N–H and O–H groups in total. The maximum Gasteiger partial charge on any atom is 0.306 e. The molecule has 0 fully saturated rings. The Kier molecular flexibility index (Phi) is 8.82. The summed E-state index contributed by atoms with van der Waals surface area (Å²) in [7, 11) is 1.34. The number of carbonyl (C=O) groups is 1. The maximum atomic E-state index is 11.3. The number of ether oxygens (including phenoxy) is 1. The van der Waals surface area contributed by atoms with E-state index in [2.05, 4.69) is 4.74 Å². The van der Waals surface area contributed by atoms with Gasteiger partial charge in [-0.3, -0.25) is 20.3 Å². The van der Waals surface area contributed by atoms with E-state index in [1.54, 1.807) is 6.07 Å². The van der Waals surface area contributed by atoms with Gasteiger partial charge in [0.25, 0.3) is 5.69 Å². The lowest BCUT2D eigenvalue weighted by Crippen LogP contribution is -2.18. The van der Waals surface area contributed by atoms with Gasteiger partial charge in [0, 0.05) is 12.5 Å². The second-order valence-corrected chi connectivity index (χ2v) is 4.78. The molecule has 0 spiro atoms. The molecule has 0 heterocycles. The van der Waals surface area contributed by atoms with E-state index in [0.717, 1.165) is 0 Å². The first-order chi connectivity index (χ1) is 10.4. The monoisotopic (exact) mass is 346 g/mol. The average molecular weight is 347 g/mol. The lowest BCUT2D eigenvalue weighted by atomic mass is 9.94. The Labute approximate surface area is 139 Å². The number of nitrogens with one attached hydrogen (secondary N) is 1. The van der Waals surface area contributed by atoms with Crippen molar-refractivity contribution in [3.63, 3.8) is 0 Å². The normalized spacial score (nSPS) is 11.2. The second-order valence-electron chi connectivity index (χ2n) is 4.78. The highest BCUT2D eigenvalue weighted by atomic mass is 35.5. The molecule has 8 nitrogen and oxygen atoms in total. The highest BCUT2D eigenvalue weighted by molar-refractivity contribution is 5.85. The molecule has 0 aliphatic rings. The molecule has 0 aliphatic heterocycles. The van der Waals surface area contributed by atoms with Gasteiger partial charge in [-0.2, -0.15) is 0 Å². The summed E-state index contributed by atoms with van der Waals surface area (Å²) in [5.74, 6) is -1.80. The fraction of sp³-hybridized carbons (Fsp3) is 0.429. The molecule has 0 saturated heterocycles. The van der Waals surface area contributed by atoms with Crippen LogP contribution in [-0.2, 0) is 22.6 Å². The number of aliphatic hydroxyl groups excluding tert-OH is 1. The van der Waals surface area contributed by atoms with E-state index in [0.29, 0.717) is 5.56 Å². The third kappa shape index (κ3) is 6.21. The van der Waals surface area contributed by atoms with Crippen molar-refractivity contribution in [1.82, 2.24) is 0 Å². The largest absolute Gasteiger partial charge is 0.484 e. The number of aliphatic carboxylic acids is 1. The van der Waals surface area contributed by atoms with Crippen LogP contribution in [0.2, 0.25) is 0 Å². The minimum atomic E-state index is -1.03. The molecule has 9 heteroatoms. The first kappa shape index (κ1) is 20.8. The highest BCUT2D eigenvalue weighted by Gasteiger charge is 2.21. The summed E-state index contributed by atoms with van der Waals surface area (Å²) in [5, 5.41) is 36.6. The molecule has 0 aromatic heterocycles. The van der Waals surface area contributed by atoms with Crippen molar-refractivity contribution >= 4 is 30.0 Å². The van der Waals surface area contributed by atoms with Crippen LogP contribution in [0.4, 0.5) is 5.69 Å². The van der Waals surface area contributed by atoms with Gasteiger partial charge in [0.15, 0.2) is 5.90 Å². The Bertz CT molecular complexity index is 578. The first-order valence-electron chi connectivity index (χ1n) is 6.60.